The summed E-state index contributed by atoms with van der Waals surface area (Å²) in [5, 5.41) is 3.24. The second-order valence-corrected chi connectivity index (χ2v) is 8.36. The SMILES string of the molecule is Cc1c(C(=O)NCc2ccccn2)sc2ncn(CC(=O)N3CCCCC3)c(=O)c12. The maximum absolute atomic E-state index is 13.0. The number of amides is 2. The van der Waals surface area contributed by atoms with Gasteiger partial charge in [0.05, 0.1) is 28.8 Å². The topological polar surface area (TPSA) is 97.2 Å². The summed E-state index contributed by atoms with van der Waals surface area (Å²) in [5.74, 6) is -0.337. The van der Waals surface area contributed by atoms with Gasteiger partial charge in [0, 0.05) is 19.3 Å². The van der Waals surface area contributed by atoms with Crippen LogP contribution in [0.2, 0.25) is 0 Å². The van der Waals surface area contributed by atoms with Gasteiger partial charge in [0.2, 0.25) is 5.91 Å². The van der Waals surface area contributed by atoms with Crippen LogP contribution in [0.15, 0.2) is 35.5 Å². The lowest BCUT2D eigenvalue weighted by atomic mass is 10.1. The molecule has 8 nitrogen and oxygen atoms in total. The Bertz CT molecular complexity index is 1130. The van der Waals surface area contributed by atoms with Crippen LogP contribution in [0.1, 0.15) is 40.2 Å². The molecule has 0 aromatic carbocycles. The Morgan fingerprint density at radius 1 is 1.17 bits per heavy atom. The van der Waals surface area contributed by atoms with Crippen molar-refractivity contribution < 1.29 is 9.59 Å². The molecule has 1 fully saturated rings. The number of aromatic nitrogens is 3. The lowest BCUT2D eigenvalue weighted by Gasteiger charge is -2.26. The van der Waals surface area contributed by atoms with Gasteiger partial charge in [0.1, 0.15) is 11.4 Å². The molecule has 0 spiro atoms. The third kappa shape index (κ3) is 4.11. The van der Waals surface area contributed by atoms with Crippen LogP contribution in [0.4, 0.5) is 0 Å². The van der Waals surface area contributed by atoms with Crippen LogP contribution in [-0.4, -0.2) is 44.3 Å². The zero-order chi connectivity index (χ0) is 21.1. The highest BCUT2D eigenvalue weighted by molar-refractivity contribution is 7.20. The summed E-state index contributed by atoms with van der Waals surface area (Å²) in [6.07, 6.45) is 6.20. The number of piperidine rings is 1. The first-order valence-corrected chi connectivity index (χ1v) is 10.8. The molecule has 156 valence electrons. The number of nitrogens with zero attached hydrogens (tertiary/aromatic N) is 4. The monoisotopic (exact) mass is 425 g/mol. The van der Waals surface area contributed by atoms with Crippen molar-refractivity contribution in [1.29, 1.82) is 0 Å². The third-order valence-corrected chi connectivity index (χ3v) is 6.49. The Kier molecular flexibility index (Phi) is 5.89. The highest BCUT2D eigenvalue weighted by Gasteiger charge is 2.21. The molecule has 0 radical (unpaired) electrons. The van der Waals surface area contributed by atoms with Gasteiger partial charge in [-0.1, -0.05) is 6.07 Å². The van der Waals surface area contributed by atoms with Crippen molar-refractivity contribution in [3.63, 3.8) is 0 Å². The summed E-state index contributed by atoms with van der Waals surface area (Å²) in [5.41, 5.74) is 1.05. The smallest absolute Gasteiger partial charge is 0.262 e. The number of rotatable bonds is 5. The highest BCUT2D eigenvalue weighted by Crippen LogP contribution is 2.26. The van der Waals surface area contributed by atoms with Gasteiger partial charge in [-0.05, 0) is 43.9 Å². The molecule has 1 aliphatic heterocycles. The van der Waals surface area contributed by atoms with Crippen LogP contribution in [0.5, 0.6) is 0 Å². The maximum atomic E-state index is 13.0. The zero-order valence-electron chi connectivity index (χ0n) is 16.8. The third-order valence-electron chi connectivity index (χ3n) is 5.29. The van der Waals surface area contributed by atoms with Crippen molar-refractivity contribution in [2.45, 2.75) is 39.3 Å². The molecule has 1 N–H and O–H groups in total. The van der Waals surface area contributed by atoms with Gasteiger partial charge in [-0.2, -0.15) is 0 Å². The molecule has 1 saturated heterocycles. The molecular formula is C21H23N5O3S. The minimum Gasteiger partial charge on any atom is -0.346 e. The van der Waals surface area contributed by atoms with E-state index in [0.717, 1.165) is 38.0 Å². The normalized spacial score (nSPS) is 14.1. The summed E-state index contributed by atoms with van der Waals surface area (Å²) >= 11 is 1.18. The molecule has 4 rings (SSSR count). The summed E-state index contributed by atoms with van der Waals surface area (Å²) in [7, 11) is 0. The highest BCUT2D eigenvalue weighted by atomic mass is 32.1. The number of carbonyl (C=O) groups excluding carboxylic acids is 2. The van der Waals surface area contributed by atoms with E-state index in [1.165, 1.54) is 22.2 Å². The Balaban J connectivity index is 1.54. The number of hydrogen-bond acceptors (Lipinski definition) is 6. The summed E-state index contributed by atoms with van der Waals surface area (Å²) in [6.45, 7) is 3.49. The molecule has 0 bridgehead atoms. The quantitative estimate of drug-likeness (QED) is 0.675. The van der Waals surface area contributed by atoms with Crippen LogP contribution in [-0.2, 0) is 17.9 Å². The van der Waals surface area contributed by atoms with E-state index in [9.17, 15) is 14.4 Å². The van der Waals surface area contributed by atoms with Crippen LogP contribution in [0.25, 0.3) is 10.2 Å². The Morgan fingerprint density at radius 2 is 1.97 bits per heavy atom. The number of carbonyl (C=O) groups is 2. The van der Waals surface area contributed by atoms with E-state index in [-0.39, 0.29) is 23.9 Å². The van der Waals surface area contributed by atoms with Crippen LogP contribution >= 0.6 is 11.3 Å². The number of likely N-dealkylation sites (tertiary alicyclic amines) is 1. The van der Waals surface area contributed by atoms with Crippen molar-refractivity contribution >= 4 is 33.4 Å². The summed E-state index contributed by atoms with van der Waals surface area (Å²) in [6, 6.07) is 5.50. The van der Waals surface area contributed by atoms with Crippen LogP contribution < -0.4 is 10.9 Å². The van der Waals surface area contributed by atoms with Gasteiger partial charge < -0.3 is 10.2 Å². The summed E-state index contributed by atoms with van der Waals surface area (Å²) < 4.78 is 1.34. The first-order valence-electron chi connectivity index (χ1n) is 9.99. The fraction of sp³-hybridized carbons (Fsp3) is 0.381. The number of aryl methyl sites for hydroxylation is 1. The van der Waals surface area contributed by atoms with Gasteiger partial charge in [-0.25, -0.2) is 4.98 Å². The Hall–Kier alpha value is -3.07. The number of thiophene rings is 1. The first kappa shape index (κ1) is 20.2. The fourth-order valence-electron chi connectivity index (χ4n) is 3.63. The predicted octanol–water partition coefficient (Wildman–Crippen LogP) is 2.10. The first-order chi connectivity index (χ1) is 14.5. The van der Waals surface area contributed by atoms with Crippen molar-refractivity contribution in [2.24, 2.45) is 0 Å². The van der Waals surface area contributed by atoms with Crippen LogP contribution in [0, 0.1) is 6.92 Å². The number of hydrogen-bond donors (Lipinski definition) is 1. The predicted molar refractivity (Wildman–Crippen MR) is 114 cm³/mol. The molecule has 9 heteroatoms. The lowest BCUT2D eigenvalue weighted by Crippen LogP contribution is -2.39. The minimum absolute atomic E-state index is 0.0295. The number of fused-ring (bicyclic) bond motifs is 1. The van der Waals surface area contributed by atoms with E-state index in [1.54, 1.807) is 18.0 Å². The summed E-state index contributed by atoms with van der Waals surface area (Å²) in [4.78, 5) is 49.5. The molecule has 2 amide bonds. The average molecular weight is 426 g/mol. The van der Waals surface area contributed by atoms with Gasteiger partial charge in [-0.3, -0.25) is 23.9 Å². The fourth-order valence-corrected chi connectivity index (χ4v) is 4.69. The van der Waals surface area contributed by atoms with E-state index in [1.807, 2.05) is 18.2 Å². The van der Waals surface area contributed by atoms with Gasteiger partial charge >= 0.3 is 0 Å². The molecule has 0 aliphatic carbocycles. The van der Waals surface area contributed by atoms with Crippen molar-refractivity contribution in [3.8, 4) is 0 Å². The molecule has 0 unspecified atom stereocenters. The zero-order valence-corrected chi connectivity index (χ0v) is 17.6. The minimum atomic E-state index is -0.289. The molecule has 30 heavy (non-hydrogen) atoms. The van der Waals surface area contributed by atoms with E-state index >= 15 is 0 Å². The van der Waals surface area contributed by atoms with Crippen molar-refractivity contribution in [2.75, 3.05) is 13.1 Å². The maximum Gasteiger partial charge on any atom is 0.262 e. The Labute approximate surface area is 177 Å². The van der Waals surface area contributed by atoms with Crippen molar-refractivity contribution in [1.82, 2.24) is 24.8 Å². The molecule has 0 atom stereocenters. The molecule has 3 aromatic rings. The van der Waals surface area contributed by atoms with Crippen LogP contribution in [0.3, 0.4) is 0 Å². The second-order valence-electron chi connectivity index (χ2n) is 7.36. The number of pyridine rings is 1. The molecule has 3 aromatic heterocycles. The van der Waals surface area contributed by atoms with E-state index < -0.39 is 0 Å². The average Bonchev–Trinajstić information content (AvgIpc) is 3.12. The second kappa shape index (κ2) is 8.74. The molecule has 4 heterocycles. The molecular weight excluding hydrogens is 402 g/mol. The number of nitrogens with one attached hydrogen (secondary N) is 1. The van der Waals surface area contributed by atoms with E-state index in [4.69, 9.17) is 0 Å². The molecule has 0 saturated carbocycles. The largest absolute Gasteiger partial charge is 0.346 e. The van der Waals surface area contributed by atoms with E-state index in [0.29, 0.717) is 27.2 Å². The van der Waals surface area contributed by atoms with Gasteiger partial charge in [0.25, 0.3) is 11.5 Å². The Morgan fingerprint density at radius 3 is 2.70 bits per heavy atom. The van der Waals surface area contributed by atoms with E-state index in [2.05, 4.69) is 15.3 Å². The lowest BCUT2D eigenvalue weighted by molar-refractivity contribution is -0.132. The van der Waals surface area contributed by atoms with Crippen molar-refractivity contribution in [3.05, 3.63) is 57.2 Å². The van der Waals surface area contributed by atoms with Gasteiger partial charge in [0.15, 0.2) is 0 Å². The molecule has 1 aliphatic rings. The van der Waals surface area contributed by atoms with Gasteiger partial charge in [-0.15, -0.1) is 11.3 Å². The standard InChI is InChI=1S/C21H23N5O3S/c1-14-17-20(30-18(14)19(28)23-11-15-7-3-4-8-22-15)24-13-26(21(17)29)12-16(27)25-9-5-2-6-10-25/h3-4,7-8,13H,2,5-6,9-12H2,1H3,(H,23,28).